The number of benzene rings is 1. The summed E-state index contributed by atoms with van der Waals surface area (Å²) in [5, 5.41) is 3.64. The first kappa shape index (κ1) is 15.4. The summed E-state index contributed by atoms with van der Waals surface area (Å²) >= 11 is 0. The van der Waals surface area contributed by atoms with Crippen molar-refractivity contribution in [3.8, 4) is 0 Å². The smallest absolute Gasteiger partial charge is 0.227 e. The Bertz CT molecular complexity index is 677. The molecule has 1 aliphatic heterocycles. The molecule has 4 rings (SSSR count). The predicted octanol–water partition coefficient (Wildman–Crippen LogP) is 4.17. The van der Waals surface area contributed by atoms with Crippen LogP contribution in [0.5, 0.6) is 0 Å². The van der Waals surface area contributed by atoms with Gasteiger partial charge >= 0.3 is 0 Å². The van der Waals surface area contributed by atoms with Gasteiger partial charge in [-0.25, -0.2) is 4.98 Å². The predicted molar refractivity (Wildman–Crippen MR) is 98.3 cm³/mol. The van der Waals surface area contributed by atoms with E-state index in [-0.39, 0.29) is 0 Å². The van der Waals surface area contributed by atoms with E-state index >= 15 is 0 Å². The van der Waals surface area contributed by atoms with Gasteiger partial charge in [0.1, 0.15) is 5.82 Å². The molecular weight excluding hydrogens is 296 g/mol. The highest BCUT2D eigenvalue weighted by molar-refractivity contribution is 5.45. The molecule has 1 aliphatic carbocycles. The highest BCUT2D eigenvalue weighted by atomic mass is 15.3. The molecule has 1 fully saturated rings. The summed E-state index contributed by atoms with van der Waals surface area (Å²) in [6.45, 7) is 1.90. The maximum Gasteiger partial charge on any atom is 0.227 e. The Hall–Kier alpha value is -2.10. The molecule has 1 saturated carbocycles. The van der Waals surface area contributed by atoms with Crippen molar-refractivity contribution < 1.29 is 0 Å². The van der Waals surface area contributed by atoms with E-state index in [1.807, 2.05) is 12.3 Å². The lowest BCUT2D eigenvalue weighted by atomic mass is 10.0. The third-order valence-electron chi connectivity index (χ3n) is 5.26. The number of fused-ring (bicyclic) bond motifs is 1. The van der Waals surface area contributed by atoms with Crippen molar-refractivity contribution in [3.05, 3.63) is 47.7 Å². The molecule has 2 aromatic rings. The highest BCUT2D eigenvalue weighted by Crippen LogP contribution is 2.24. The largest absolute Gasteiger partial charge is 0.367 e. The Morgan fingerprint density at radius 3 is 2.58 bits per heavy atom. The Morgan fingerprint density at radius 1 is 0.958 bits per heavy atom. The summed E-state index contributed by atoms with van der Waals surface area (Å²) in [6.07, 6.45) is 10.9. The lowest BCUT2D eigenvalue weighted by molar-refractivity contribution is 0.616. The molecule has 0 spiro atoms. The van der Waals surface area contributed by atoms with Crippen LogP contribution in [0, 0.1) is 0 Å². The van der Waals surface area contributed by atoms with Crippen molar-refractivity contribution in [1.29, 1.82) is 0 Å². The summed E-state index contributed by atoms with van der Waals surface area (Å²) in [6, 6.07) is 11.3. The maximum absolute atomic E-state index is 4.80. The number of rotatable bonds is 3. The average molecular weight is 322 g/mol. The Morgan fingerprint density at radius 2 is 1.75 bits per heavy atom. The molecule has 0 bridgehead atoms. The molecule has 24 heavy (non-hydrogen) atoms. The monoisotopic (exact) mass is 322 g/mol. The second kappa shape index (κ2) is 7.20. The quantitative estimate of drug-likeness (QED) is 0.861. The number of hydrogen-bond donors (Lipinski definition) is 1. The van der Waals surface area contributed by atoms with Crippen molar-refractivity contribution in [2.45, 2.75) is 57.5 Å². The molecule has 0 radical (unpaired) electrons. The lowest BCUT2D eigenvalue weighted by Gasteiger charge is -2.29. The number of anilines is 2. The first-order chi connectivity index (χ1) is 11.9. The van der Waals surface area contributed by atoms with Gasteiger partial charge in [0.25, 0.3) is 0 Å². The number of aromatic nitrogens is 2. The summed E-state index contributed by atoms with van der Waals surface area (Å²) in [7, 11) is 0. The van der Waals surface area contributed by atoms with E-state index in [1.54, 1.807) is 0 Å². The van der Waals surface area contributed by atoms with Gasteiger partial charge in [-0.15, -0.1) is 0 Å². The van der Waals surface area contributed by atoms with Crippen LogP contribution in [0.15, 0.2) is 36.5 Å². The van der Waals surface area contributed by atoms with Crippen molar-refractivity contribution in [3.63, 3.8) is 0 Å². The average Bonchev–Trinajstić information content (AvgIpc) is 2.90. The fourth-order valence-corrected chi connectivity index (χ4v) is 3.88. The van der Waals surface area contributed by atoms with Gasteiger partial charge in [0.2, 0.25) is 5.95 Å². The molecule has 1 aromatic heterocycles. The van der Waals surface area contributed by atoms with Crippen LogP contribution in [-0.4, -0.2) is 22.6 Å². The van der Waals surface area contributed by atoms with Gasteiger partial charge < -0.3 is 10.2 Å². The minimum atomic E-state index is 0.567. The lowest BCUT2D eigenvalue weighted by Crippen LogP contribution is -2.32. The summed E-state index contributed by atoms with van der Waals surface area (Å²) < 4.78 is 0. The first-order valence-electron chi connectivity index (χ1n) is 9.30. The van der Waals surface area contributed by atoms with E-state index in [4.69, 9.17) is 4.98 Å². The second-order valence-electron chi connectivity index (χ2n) is 7.01. The highest BCUT2D eigenvalue weighted by Gasteiger charge is 2.19. The molecule has 2 heterocycles. The van der Waals surface area contributed by atoms with E-state index in [9.17, 15) is 0 Å². The van der Waals surface area contributed by atoms with Gasteiger partial charge in [0.05, 0.1) is 0 Å². The van der Waals surface area contributed by atoms with Gasteiger partial charge in [0.15, 0.2) is 0 Å². The standard InChI is InChI=1S/C20H26N4/c1-2-4-10-18(9-3-1)22-19-11-13-21-20(23-19)24-14-12-16-7-5-6-8-17(16)15-24/h5-8,11,13,18H,1-4,9-10,12,14-15H2,(H,21,22,23). The fraction of sp³-hybridized carbons (Fsp3) is 0.500. The van der Waals surface area contributed by atoms with Crippen LogP contribution in [-0.2, 0) is 13.0 Å². The number of nitrogens with zero attached hydrogens (tertiary/aromatic N) is 3. The molecule has 0 unspecified atom stereocenters. The third-order valence-corrected chi connectivity index (χ3v) is 5.26. The molecule has 1 N–H and O–H groups in total. The zero-order chi connectivity index (χ0) is 16.2. The molecule has 0 amide bonds. The molecule has 0 saturated heterocycles. The van der Waals surface area contributed by atoms with Crippen LogP contribution in [0.3, 0.4) is 0 Å². The van der Waals surface area contributed by atoms with Crippen molar-refractivity contribution in [1.82, 2.24) is 9.97 Å². The van der Waals surface area contributed by atoms with Crippen LogP contribution < -0.4 is 10.2 Å². The van der Waals surface area contributed by atoms with Crippen LogP contribution in [0.2, 0.25) is 0 Å². The first-order valence-corrected chi connectivity index (χ1v) is 9.30. The normalized spacial score (nSPS) is 18.8. The van der Waals surface area contributed by atoms with E-state index < -0.39 is 0 Å². The minimum absolute atomic E-state index is 0.567. The fourth-order valence-electron chi connectivity index (χ4n) is 3.88. The zero-order valence-electron chi connectivity index (χ0n) is 14.2. The molecule has 2 aliphatic rings. The van der Waals surface area contributed by atoms with Crippen LogP contribution in [0.1, 0.15) is 49.7 Å². The molecule has 1 aromatic carbocycles. The van der Waals surface area contributed by atoms with E-state index in [2.05, 4.69) is 39.5 Å². The minimum Gasteiger partial charge on any atom is -0.367 e. The maximum atomic E-state index is 4.80. The molecule has 0 atom stereocenters. The third kappa shape index (κ3) is 3.53. The molecule has 126 valence electrons. The van der Waals surface area contributed by atoms with Crippen LogP contribution in [0.4, 0.5) is 11.8 Å². The Labute approximate surface area is 144 Å². The van der Waals surface area contributed by atoms with E-state index in [0.717, 1.165) is 31.3 Å². The van der Waals surface area contributed by atoms with Crippen LogP contribution >= 0.6 is 0 Å². The molecule has 4 heteroatoms. The Kier molecular flexibility index (Phi) is 4.63. The van der Waals surface area contributed by atoms with Crippen LogP contribution in [0.25, 0.3) is 0 Å². The number of nitrogens with one attached hydrogen (secondary N) is 1. The van der Waals surface area contributed by atoms with Gasteiger partial charge in [-0.3, -0.25) is 0 Å². The van der Waals surface area contributed by atoms with Crippen molar-refractivity contribution in [2.75, 3.05) is 16.8 Å². The SMILES string of the molecule is c1ccc2c(c1)CCN(c1nccc(NC3CCCCCC3)n1)C2. The van der Waals surface area contributed by atoms with Crippen molar-refractivity contribution >= 4 is 11.8 Å². The van der Waals surface area contributed by atoms with E-state index in [1.165, 1.54) is 49.7 Å². The van der Waals surface area contributed by atoms with Gasteiger partial charge in [-0.1, -0.05) is 49.9 Å². The van der Waals surface area contributed by atoms with Gasteiger partial charge in [-0.05, 0) is 36.5 Å². The van der Waals surface area contributed by atoms with E-state index in [0.29, 0.717) is 6.04 Å². The number of hydrogen-bond acceptors (Lipinski definition) is 4. The topological polar surface area (TPSA) is 41.1 Å². The van der Waals surface area contributed by atoms with Gasteiger partial charge in [0, 0.05) is 25.3 Å². The molecular formula is C20H26N4. The Balaban J connectivity index is 1.47. The molecule has 4 nitrogen and oxygen atoms in total. The summed E-state index contributed by atoms with van der Waals surface area (Å²) in [4.78, 5) is 11.6. The van der Waals surface area contributed by atoms with Gasteiger partial charge in [-0.2, -0.15) is 4.98 Å². The summed E-state index contributed by atoms with van der Waals surface area (Å²) in [5.74, 6) is 1.83. The summed E-state index contributed by atoms with van der Waals surface area (Å²) in [5.41, 5.74) is 2.86. The van der Waals surface area contributed by atoms with Crippen molar-refractivity contribution in [2.24, 2.45) is 0 Å². The zero-order valence-corrected chi connectivity index (χ0v) is 14.2. The second-order valence-corrected chi connectivity index (χ2v) is 7.01.